The van der Waals surface area contributed by atoms with Gasteiger partial charge in [-0.05, 0) is 31.1 Å². The summed E-state index contributed by atoms with van der Waals surface area (Å²) in [6.45, 7) is 8.75. The zero-order valence-electron chi connectivity index (χ0n) is 23.8. The standard InChI is InChI=1S/C25H48O11Si/c1-9-31-21(26)14-13-19(32-16-28-6)22(33-17-29-7)24-25(36-37(10-2,11-3)12-4)23(34-18-30-8)20(35-24)15-27-5/h13-14,19-20,22-25H,9-12,15-18H2,1-8H3/b14-13+/t19-,20+,22-,23-,24-,25-/m0/s1. The number of carbonyl (C=O) groups is 1. The molecule has 0 saturated carbocycles. The summed E-state index contributed by atoms with van der Waals surface area (Å²) in [4.78, 5) is 12.1. The molecule has 1 saturated heterocycles. The lowest BCUT2D eigenvalue weighted by molar-refractivity contribution is -0.190. The van der Waals surface area contributed by atoms with E-state index in [1.165, 1.54) is 20.3 Å². The lowest BCUT2D eigenvalue weighted by Gasteiger charge is -2.38. The van der Waals surface area contributed by atoms with Crippen molar-refractivity contribution >= 4 is 14.3 Å². The Bertz CT molecular complexity index is 623. The molecule has 37 heavy (non-hydrogen) atoms. The van der Waals surface area contributed by atoms with Crippen LogP contribution < -0.4 is 0 Å². The van der Waals surface area contributed by atoms with E-state index >= 15 is 0 Å². The second kappa shape index (κ2) is 19.2. The van der Waals surface area contributed by atoms with Crippen molar-refractivity contribution < 1.29 is 51.9 Å². The van der Waals surface area contributed by atoms with E-state index in [-0.39, 0.29) is 33.6 Å². The molecule has 0 aromatic carbocycles. The Hall–Kier alpha value is -0.933. The van der Waals surface area contributed by atoms with E-state index in [9.17, 15) is 4.79 Å². The molecule has 1 rings (SSSR count). The van der Waals surface area contributed by atoms with E-state index in [1.807, 2.05) is 0 Å². The lowest BCUT2D eigenvalue weighted by atomic mass is 9.99. The normalized spacial score (nSPS) is 24.0. The van der Waals surface area contributed by atoms with Crippen LogP contribution in [-0.2, 0) is 51.9 Å². The minimum Gasteiger partial charge on any atom is -0.463 e. The van der Waals surface area contributed by atoms with Gasteiger partial charge in [-0.15, -0.1) is 0 Å². The van der Waals surface area contributed by atoms with Crippen LogP contribution in [0.15, 0.2) is 12.2 Å². The average molecular weight is 553 g/mol. The molecule has 0 amide bonds. The fraction of sp³-hybridized carbons (Fsp3) is 0.880. The molecule has 1 aliphatic heterocycles. The Balaban J connectivity index is 3.52. The van der Waals surface area contributed by atoms with Gasteiger partial charge in [-0.1, -0.05) is 20.8 Å². The van der Waals surface area contributed by atoms with Crippen LogP contribution in [0.1, 0.15) is 27.7 Å². The van der Waals surface area contributed by atoms with Gasteiger partial charge >= 0.3 is 5.97 Å². The number of esters is 1. The molecule has 0 unspecified atom stereocenters. The molecule has 0 N–H and O–H groups in total. The van der Waals surface area contributed by atoms with Gasteiger partial charge in [0.1, 0.15) is 57.0 Å². The number of carbonyl (C=O) groups excluding carboxylic acids is 1. The molecule has 1 fully saturated rings. The predicted octanol–water partition coefficient (Wildman–Crippen LogP) is 2.88. The highest BCUT2D eigenvalue weighted by Gasteiger charge is 2.53. The van der Waals surface area contributed by atoms with Crippen molar-refractivity contribution in [3.8, 4) is 0 Å². The first kappa shape index (κ1) is 34.1. The lowest BCUT2D eigenvalue weighted by Crippen LogP contribution is -2.53. The molecule has 0 spiro atoms. The van der Waals surface area contributed by atoms with Crippen LogP contribution in [0.25, 0.3) is 0 Å². The molecule has 1 aliphatic rings. The number of rotatable bonds is 21. The summed E-state index contributed by atoms with van der Waals surface area (Å²) < 4.78 is 57.8. The van der Waals surface area contributed by atoms with Crippen LogP contribution in [-0.4, -0.2) is 113 Å². The second-order valence-electron chi connectivity index (χ2n) is 8.65. The highest BCUT2D eigenvalue weighted by atomic mass is 28.4. The summed E-state index contributed by atoms with van der Waals surface area (Å²) in [6.07, 6.45) is -0.663. The van der Waals surface area contributed by atoms with Crippen molar-refractivity contribution in [1.29, 1.82) is 0 Å². The van der Waals surface area contributed by atoms with Crippen LogP contribution >= 0.6 is 0 Å². The highest BCUT2D eigenvalue weighted by molar-refractivity contribution is 6.73. The van der Waals surface area contributed by atoms with Gasteiger partial charge in [-0.3, -0.25) is 0 Å². The summed E-state index contributed by atoms with van der Waals surface area (Å²) in [5.41, 5.74) is 0. The van der Waals surface area contributed by atoms with Crippen molar-refractivity contribution in [2.45, 2.75) is 82.5 Å². The predicted molar refractivity (Wildman–Crippen MR) is 139 cm³/mol. The van der Waals surface area contributed by atoms with Gasteiger partial charge < -0.3 is 47.1 Å². The molecule has 0 aromatic heterocycles. The van der Waals surface area contributed by atoms with Gasteiger partial charge in [0.05, 0.1) is 13.2 Å². The third kappa shape index (κ3) is 10.6. The van der Waals surface area contributed by atoms with Gasteiger partial charge in [0.2, 0.25) is 0 Å². The summed E-state index contributed by atoms with van der Waals surface area (Å²) in [6, 6.07) is 2.81. The summed E-state index contributed by atoms with van der Waals surface area (Å²) >= 11 is 0. The van der Waals surface area contributed by atoms with Gasteiger partial charge in [-0.25, -0.2) is 4.79 Å². The second-order valence-corrected chi connectivity index (χ2v) is 13.4. The molecule has 6 atom stereocenters. The van der Waals surface area contributed by atoms with Crippen molar-refractivity contribution in [2.75, 3.05) is 62.0 Å². The molecule has 11 nitrogen and oxygen atoms in total. The molecular weight excluding hydrogens is 504 g/mol. The maximum atomic E-state index is 12.1. The van der Waals surface area contributed by atoms with Gasteiger partial charge in [-0.2, -0.15) is 0 Å². The van der Waals surface area contributed by atoms with E-state index in [4.69, 9.17) is 47.1 Å². The van der Waals surface area contributed by atoms with Crippen LogP contribution in [0, 0.1) is 0 Å². The molecule has 12 heteroatoms. The van der Waals surface area contributed by atoms with Crippen molar-refractivity contribution in [3.63, 3.8) is 0 Å². The molecule has 218 valence electrons. The molecule has 0 aromatic rings. The van der Waals surface area contributed by atoms with Gasteiger partial charge in [0, 0.05) is 34.5 Å². The van der Waals surface area contributed by atoms with Crippen LogP contribution in [0.2, 0.25) is 18.1 Å². The molecule has 0 radical (unpaired) electrons. The molecule has 0 bridgehead atoms. The quantitative estimate of drug-likeness (QED) is 0.0907. The summed E-state index contributed by atoms with van der Waals surface area (Å²) in [7, 11) is 4.09. The molecular formula is C25H48O11Si. The first-order chi connectivity index (χ1) is 17.9. The highest BCUT2D eigenvalue weighted by Crippen LogP contribution is 2.36. The number of hydrogen-bond donors (Lipinski definition) is 0. The third-order valence-electron chi connectivity index (χ3n) is 6.49. The maximum Gasteiger partial charge on any atom is 0.330 e. The van der Waals surface area contributed by atoms with E-state index in [0.29, 0.717) is 0 Å². The van der Waals surface area contributed by atoms with Crippen LogP contribution in [0.5, 0.6) is 0 Å². The van der Waals surface area contributed by atoms with E-state index in [1.54, 1.807) is 27.2 Å². The maximum absolute atomic E-state index is 12.1. The van der Waals surface area contributed by atoms with Crippen molar-refractivity contribution in [1.82, 2.24) is 0 Å². The molecule has 1 heterocycles. The average Bonchev–Trinajstić information content (AvgIpc) is 3.23. The Kier molecular flexibility index (Phi) is 17.7. The zero-order valence-corrected chi connectivity index (χ0v) is 24.8. The van der Waals surface area contributed by atoms with Gasteiger partial charge in [0.25, 0.3) is 0 Å². The first-order valence-electron chi connectivity index (χ1n) is 12.9. The summed E-state index contributed by atoms with van der Waals surface area (Å²) in [5.74, 6) is -0.493. The Labute approximate surface area is 223 Å². The summed E-state index contributed by atoms with van der Waals surface area (Å²) in [5, 5.41) is 0. The zero-order chi connectivity index (χ0) is 27.7. The minimum absolute atomic E-state index is 0.0339. The fourth-order valence-electron chi connectivity index (χ4n) is 4.38. The van der Waals surface area contributed by atoms with E-state index in [0.717, 1.165) is 18.1 Å². The largest absolute Gasteiger partial charge is 0.463 e. The first-order valence-corrected chi connectivity index (χ1v) is 15.4. The van der Waals surface area contributed by atoms with E-state index in [2.05, 4.69) is 20.8 Å². The Morgan fingerprint density at radius 1 is 0.865 bits per heavy atom. The van der Waals surface area contributed by atoms with Crippen molar-refractivity contribution in [3.05, 3.63) is 12.2 Å². The Morgan fingerprint density at radius 3 is 2.03 bits per heavy atom. The smallest absolute Gasteiger partial charge is 0.330 e. The topological polar surface area (TPSA) is 109 Å². The Morgan fingerprint density at radius 2 is 1.49 bits per heavy atom. The fourth-order valence-corrected chi connectivity index (χ4v) is 7.23. The SMILES string of the molecule is CCOC(=O)/C=C/[C@H](OCOC)[C@H](OCOC)[C@@H]1O[C@H](COC)[C@H](OCOC)[C@@H]1O[Si](CC)(CC)CC. The molecule has 0 aliphatic carbocycles. The third-order valence-corrected chi connectivity index (χ3v) is 11.1. The number of ether oxygens (including phenoxy) is 9. The van der Waals surface area contributed by atoms with E-state index < -0.39 is 50.9 Å². The van der Waals surface area contributed by atoms with Crippen LogP contribution in [0.4, 0.5) is 0 Å². The van der Waals surface area contributed by atoms with Crippen molar-refractivity contribution in [2.24, 2.45) is 0 Å². The monoisotopic (exact) mass is 552 g/mol. The van der Waals surface area contributed by atoms with Crippen LogP contribution in [0.3, 0.4) is 0 Å². The number of methoxy groups -OCH3 is 4. The minimum atomic E-state index is -2.13. The number of hydrogen-bond acceptors (Lipinski definition) is 11. The van der Waals surface area contributed by atoms with Gasteiger partial charge in [0.15, 0.2) is 8.32 Å².